The van der Waals surface area contributed by atoms with Gasteiger partial charge < -0.3 is 14.2 Å². The molecule has 0 saturated heterocycles. The normalized spacial score (nSPS) is 12.8. The summed E-state index contributed by atoms with van der Waals surface area (Å²) in [5.74, 6) is -0.907. The van der Waals surface area contributed by atoms with Crippen LogP contribution in [0.25, 0.3) is 0 Å². The lowest BCUT2D eigenvalue weighted by molar-refractivity contribution is -0.167. The van der Waals surface area contributed by atoms with Gasteiger partial charge in [0, 0.05) is 19.3 Å². The molecule has 72 heavy (non-hydrogen) atoms. The first-order valence-corrected chi connectivity index (χ1v) is 30.2. The predicted molar refractivity (Wildman–Crippen MR) is 311 cm³/mol. The van der Waals surface area contributed by atoms with Gasteiger partial charge in [-0.3, -0.25) is 14.4 Å². The summed E-state index contributed by atoms with van der Waals surface area (Å²) in [5, 5.41) is 0. The van der Waals surface area contributed by atoms with Crippen LogP contribution in [-0.2, 0) is 28.6 Å². The Hall–Kier alpha value is -3.67. The fraction of sp³-hybridized carbons (Fsp3) is 0.712. The van der Waals surface area contributed by atoms with Crippen molar-refractivity contribution in [3.63, 3.8) is 0 Å². The Morgan fingerprint density at radius 2 is 0.542 bits per heavy atom. The highest BCUT2D eigenvalue weighted by Crippen LogP contribution is 2.15. The van der Waals surface area contributed by atoms with Crippen LogP contribution in [0.3, 0.4) is 0 Å². The minimum atomic E-state index is -0.789. The lowest BCUT2D eigenvalue weighted by Crippen LogP contribution is -2.30. The summed E-state index contributed by atoms with van der Waals surface area (Å²) in [6.07, 6.45) is 79.7. The number of unbranched alkanes of at least 4 members (excludes halogenated alkanes) is 27. The van der Waals surface area contributed by atoms with Gasteiger partial charge in [0.25, 0.3) is 0 Å². The molecule has 0 amide bonds. The van der Waals surface area contributed by atoms with Crippen molar-refractivity contribution in [2.45, 2.75) is 290 Å². The summed E-state index contributed by atoms with van der Waals surface area (Å²) < 4.78 is 16.9. The zero-order valence-electron chi connectivity index (χ0n) is 47.2. The van der Waals surface area contributed by atoms with Crippen molar-refractivity contribution in [1.82, 2.24) is 0 Å². The summed E-state index contributed by atoms with van der Waals surface area (Å²) in [5.41, 5.74) is 0. The fourth-order valence-corrected chi connectivity index (χ4v) is 8.26. The molecule has 0 rings (SSSR count). The van der Waals surface area contributed by atoms with E-state index in [9.17, 15) is 14.4 Å². The van der Waals surface area contributed by atoms with Gasteiger partial charge in [0.15, 0.2) is 6.10 Å². The molecule has 6 nitrogen and oxygen atoms in total. The molecule has 0 fully saturated rings. The third-order valence-electron chi connectivity index (χ3n) is 12.8. The topological polar surface area (TPSA) is 78.9 Å². The summed E-state index contributed by atoms with van der Waals surface area (Å²) in [7, 11) is 0. The van der Waals surface area contributed by atoms with Crippen molar-refractivity contribution in [2.75, 3.05) is 13.2 Å². The predicted octanol–water partition coefficient (Wildman–Crippen LogP) is 20.5. The number of ether oxygens (including phenoxy) is 3. The Kier molecular flexibility index (Phi) is 56.8. The second-order valence-electron chi connectivity index (χ2n) is 19.9. The lowest BCUT2D eigenvalue weighted by atomic mass is 10.1. The van der Waals surface area contributed by atoms with E-state index >= 15 is 0 Å². The van der Waals surface area contributed by atoms with Crippen LogP contribution in [0.4, 0.5) is 0 Å². The highest BCUT2D eigenvalue weighted by atomic mass is 16.6. The summed E-state index contributed by atoms with van der Waals surface area (Å²) >= 11 is 0. The number of hydrogen-bond donors (Lipinski definition) is 0. The molecule has 0 aromatic carbocycles. The zero-order valence-corrected chi connectivity index (χ0v) is 47.2. The van der Waals surface area contributed by atoms with Crippen molar-refractivity contribution in [1.29, 1.82) is 0 Å². The van der Waals surface area contributed by atoms with Gasteiger partial charge in [-0.05, 0) is 122 Å². The Balaban J connectivity index is 4.32. The van der Waals surface area contributed by atoms with Crippen LogP contribution in [0.2, 0.25) is 0 Å². The lowest BCUT2D eigenvalue weighted by Gasteiger charge is -2.18. The summed E-state index contributed by atoms with van der Waals surface area (Å²) in [6.45, 7) is 6.49. The van der Waals surface area contributed by atoms with Gasteiger partial charge in [-0.15, -0.1) is 0 Å². The molecule has 1 atom stereocenters. The van der Waals surface area contributed by atoms with Crippen LogP contribution in [0.5, 0.6) is 0 Å². The highest BCUT2D eigenvalue weighted by molar-refractivity contribution is 5.71. The van der Waals surface area contributed by atoms with Gasteiger partial charge in [0.05, 0.1) is 0 Å². The second-order valence-corrected chi connectivity index (χ2v) is 19.9. The Morgan fingerprint density at radius 1 is 0.292 bits per heavy atom. The zero-order chi connectivity index (χ0) is 52.2. The molecule has 6 heteroatoms. The number of carbonyl (C=O) groups is 3. The van der Waals surface area contributed by atoms with Gasteiger partial charge in [0.2, 0.25) is 0 Å². The average Bonchev–Trinajstić information content (AvgIpc) is 3.38. The Labute approximate surface area is 445 Å². The number of esters is 3. The van der Waals surface area contributed by atoms with Gasteiger partial charge in [-0.2, -0.15) is 0 Å². The molecule has 0 bridgehead atoms. The smallest absolute Gasteiger partial charge is 0.306 e. The van der Waals surface area contributed by atoms with Crippen LogP contribution < -0.4 is 0 Å². The molecular formula is C66H112O6. The van der Waals surface area contributed by atoms with Crippen LogP contribution in [0, 0.1) is 0 Å². The first-order valence-electron chi connectivity index (χ1n) is 30.2. The van der Waals surface area contributed by atoms with E-state index in [2.05, 4.69) is 118 Å². The molecule has 0 aromatic heterocycles. The van der Waals surface area contributed by atoms with Crippen molar-refractivity contribution in [3.8, 4) is 0 Å². The second kappa shape index (κ2) is 59.9. The van der Waals surface area contributed by atoms with Gasteiger partial charge in [0.1, 0.15) is 13.2 Å². The first-order chi connectivity index (χ1) is 35.5. The molecule has 0 aromatic rings. The fourth-order valence-electron chi connectivity index (χ4n) is 8.26. The molecule has 0 aliphatic rings. The van der Waals surface area contributed by atoms with Crippen LogP contribution in [0.1, 0.15) is 284 Å². The minimum Gasteiger partial charge on any atom is -0.462 e. The molecule has 0 heterocycles. The molecule has 412 valence electrons. The van der Waals surface area contributed by atoms with E-state index in [0.717, 1.165) is 122 Å². The Morgan fingerprint density at radius 3 is 0.875 bits per heavy atom. The largest absolute Gasteiger partial charge is 0.462 e. The van der Waals surface area contributed by atoms with Gasteiger partial charge >= 0.3 is 17.9 Å². The number of carbonyl (C=O) groups excluding carboxylic acids is 3. The van der Waals surface area contributed by atoms with Crippen molar-refractivity contribution < 1.29 is 28.6 Å². The molecule has 0 saturated carbocycles. The van der Waals surface area contributed by atoms with E-state index in [0.29, 0.717) is 19.3 Å². The van der Waals surface area contributed by atoms with E-state index < -0.39 is 6.10 Å². The molecule has 0 N–H and O–H groups in total. The first kappa shape index (κ1) is 68.3. The average molecular weight is 1000 g/mol. The molecule has 0 aliphatic carbocycles. The maximum atomic E-state index is 12.8. The molecule has 0 aliphatic heterocycles. The molecule has 0 radical (unpaired) electrons. The number of allylic oxidation sites excluding steroid dienone is 16. The van der Waals surface area contributed by atoms with Crippen LogP contribution >= 0.6 is 0 Å². The SMILES string of the molecule is CC/C=C\C/C=C\C/C=C\C/C=C\C/C=C\C/C=C\CCCCCCCCCCC(=O)OCC(COC(=O)CCCCCCC/C=C\CCCCCC)OC(=O)CCCCCCC/C=C\CCCCCCC. The molecule has 1 unspecified atom stereocenters. The maximum absolute atomic E-state index is 12.8. The minimum absolute atomic E-state index is 0.0870. The van der Waals surface area contributed by atoms with E-state index in [1.807, 2.05) is 0 Å². The van der Waals surface area contributed by atoms with E-state index in [4.69, 9.17) is 14.2 Å². The Bertz CT molecular complexity index is 1430. The van der Waals surface area contributed by atoms with Crippen LogP contribution in [0.15, 0.2) is 97.2 Å². The van der Waals surface area contributed by atoms with Crippen molar-refractivity contribution >= 4 is 17.9 Å². The third-order valence-corrected chi connectivity index (χ3v) is 12.8. The van der Waals surface area contributed by atoms with E-state index in [1.54, 1.807) is 0 Å². The monoisotopic (exact) mass is 1000 g/mol. The summed E-state index contributed by atoms with van der Waals surface area (Å²) in [4.78, 5) is 38.2. The summed E-state index contributed by atoms with van der Waals surface area (Å²) in [6, 6.07) is 0. The highest BCUT2D eigenvalue weighted by Gasteiger charge is 2.19. The number of rotatable bonds is 54. The van der Waals surface area contributed by atoms with Gasteiger partial charge in [-0.25, -0.2) is 0 Å². The molecular weight excluding hydrogens is 889 g/mol. The maximum Gasteiger partial charge on any atom is 0.306 e. The van der Waals surface area contributed by atoms with Crippen molar-refractivity contribution in [2.24, 2.45) is 0 Å². The van der Waals surface area contributed by atoms with Crippen LogP contribution in [-0.4, -0.2) is 37.2 Å². The van der Waals surface area contributed by atoms with Gasteiger partial charge in [-0.1, -0.05) is 240 Å². The van der Waals surface area contributed by atoms with E-state index in [-0.39, 0.29) is 31.1 Å². The molecule has 0 spiro atoms. The van der Waals surface area contributed by atoms with E-state index in [1.165, 1.54) is 122 Å². The standard InChI is InChI=1S/C66H112O6/c1-4-7-10-13-16-19-22-25-27-28-29-30-31-32-33-34-35-36-37-38-39-42-44-47-50-53-56-59-65(68)71-62-63(61-70-64(67)58-55-52-49-46-43-40-24-21-18-15-12-9-6-3)72-66(69)60-57-54-51-48-45-41-26-23-20-17-14-11-8-5-2/h7,10,16,19,21,23-27,29-30,32-33,35-36,63H,4-6,8-9,11-15,17-18,20,22,28,31,34,37-62H2,1-3H3/b10-7-,19-16-,24-21-,26-23-,27-25-,30-29-,33-32-,36-35-. The quantitative estimate of drug-likeness (QED) is 0.0261. The van der Waals surface area contributed by atoms with Crippen molar-refractivity contribution in [3.05, 3.63) is 97.2 Å². The number of hydrogen-bond acceptors (Lipinski definition) is 6. The third kappa shape index (κ3) is 57.2.